The summed E-state index contributed by atoms with van der Waals surface area (Å²) in [5.41, 5.74) is 0.808. The molecule has 6 nitrogen and oxygen atoms in total. The number of ether oxygens (including phenoxy) is 2. The van der Waals surface area contributed by atoms with Crippen LogP contribution < -0.4 is 14.8 Å². The van der Waals surface area contributed by atoms with Gasteiger partial charge in [0.25, 0.3) is 5.91 Å². The van der Waals surface area contributed by atoms with Crippen molar-refractivity contribution in [2.45, 2.75) is 20.0 Å². The molecule has 26 heavy (non-hydrogen) atoms. The number of anilines is 1. The van der Waals surface area contributed by atoms with Crippen molar-refractivity contribution in [3.63, 3.8) is 0 Å². The molecule has 0 unspecified atom stereocenters. The highest BCUT2D eigenvalue weighted by atomic mass is 19.1. The zero-order valence-corrected chi connectivity index (χ0v) is 14.9. The van der Waals surface area contributed by atoms with Gasteiger partial charge in [-0.05, 0) is 44.2 Å². The first kappa shape index (κ1) is 19.2. The maximum atomic E-state index is 13.4. The van der Waals surface area contributed by atoms with Crippen LogP contribution in [-0.4, -0.2) is 31.9 Å². The summed E-state index contributed by atoms with van der Waals surface area (Å²) < 4.78 is 24.3. The SMILES string of the molecule is COc1cc(/C=N\OCC(=O)Nc2ccccc2F)ccc1OC(C)C. The van der Waals surface area contributed by atoms with Gasteiger partial charge in [0.15, 0.2) is 18.1 Å². The van der Waals surface area contributed by atoms with Crippen LogP contribution in [0.5, 0.6) is 11.5 Å². The minimum atomic E-state index is -0.514. The third-order valence-corrected chi connectivity index (χ3v) is 3.17. The molecule has 0 aliphatic heterocycles. The van der Waals surface area contributed by atoms with E-state index < -0.39 is 11.7 Å². The number of oxime groups is 1. The van der Waals surface area contributed by atoms with Crippen molar-refractivity contribution in [2.24, 2.45) is 5.16 Å². The van der Waals surface area contributed by atoms with Crippen molar-refractivity contribution in [1.29, 1.82) is 0 Å². The number of carbonyl (C=O) groups is 1. The summed E-state index contributed by atoms with van der Waals surface area (Å²) in [5, 5.41) is 6.14. The lowest BCUT2D eigenvalue weighted by Gasteiger charge is -2.13. The maximum Gasteiger partial charge on any atom is 0.265 e. The van der Waals surface area contributed by atoms with Crippen LogP contribution in [0.1, 0.15) is 19.4 Å². The summed E-state index contributed by atoms with van der Waals surface area (Å²) in [6.45, 7) is 3.51. The molecule has 1 amide bonds. The first-order valence-electron chi connectivity index (χ1n) is 8.04. The molecule has 0 aliphatic rings. The molecule has 138 valence electrons. The zero-order valence-electron chi connectivity index (χ0n) is 14.9. The van der Waals surface area contributed by atoms with E-state index in [9.17, 15) is 9.18 Å². The van der Waals surface area contributed by atoms with Gasteiger partial charge in [0.1, 0.15) is 5.82 Å². The first-order chi connectivity index (χ1) is 12.5. The van der Waals surface area contributed by atoms with Gasteiger partial charge >= 0.3 is 0 Å². The molecule has 0 aliphatic carbocycles. The standard InChI is InChI=1S/C19H21FN2O4/c1-13(2)26-17-9-8-14(10-18(17)24-3)11-21-25-12-19(23)22-16-7-5-4-6-15(16)20/h4-11,13H,12H2,1-3H3,(H,22,23)/b21-11-. The number of halogens is 1. The highest BCUT2D eigenvalue weighted by Crippen LogP contribution is 2.28. The van der Waals surface area contributed by atoms with Gasteiger partial charge in [-0.25, -0.2) is 4.39 Å². The van der Waals surface area contributed by atoms with E-state index in [2.05, 4.69) is 10.5 Å². The molecule has 0 heterocycles. The largest absolute Gasteiger partial charge is 0.493 e. The molecule has 0 fully saturated rings. The molecule has 2 aromatic rings. The lowest BCUT2D eigenvalue weighted by molar-refractivity contribution is -0.120. The topological polar surface area (TPSA) is 69.2 Å². The Morgan fingerprint density at radius 1 is 1.23 bits per heavy atom. The van der Waals surface area contributed by atoms with Crippen LogP contribution in [0.3, 0.4) is 0 Å². The van der Waals surface area contributed by atoms with Crippen LogP contribution in [0.15, 0.2) is 47.6 Å². The predicted molar refractivity (Wildman–Crippen MR) is 97.3 cm³/mol. The van der Waals surface area contributed by atoms with E-state index in [0.717, 1.165) is 0 Å². The van der Waals surface area contributed by atoms with E-state index in [1.807, 2.05) is 13.8 Å². The van der Waals surface area contributed by atoms with E-state index >= 15 is 0 Å². The minimum absolute atomic E-state index is 0.0275. The fraction of sp³-hybridized carbons (Fsp3) is 0.263. The second-order valence-corrected chi connectivity index (χ2v) is 5.61. The van der Waals surface area contributed by atoms with Crippen molar-refractivity contribution >= 4 is 17.8 Å². The minimum Gasteiger partial charge on any atom is -0.493 e. The predicted octanol–water partition coefficient (Wildman–Crippen LogP) is 3.61. The third kappa shape index (κ3) is 5.77. The molecule has 2 rings (SSSR count). The summed E-state index contributed by atoms with van der Waals surface area (Å²) in [6.07, 6.45) is 1.47. The van der Waals surface area contributed by atoms with E-state index in [1.54, 1.807) is 31.4 Å². The molecule has 0 aromatic heterocycles. The number of carbonyl (C=O) groups excluding carboxylic acids is 1. The Labute approximate surface area is 151 Å². The summed E-state index contributed by atoms with van der Waals surface area (Å²) in [7, 11) is 1.55. The van der Waals surface area contributed by atoms with E-state index in [-0.39, 0.29) is 18.4 Å². The Morgan fingerprint density at radius 2 is 2.00 bits per heavy atom. The Hall–Kier alpha value is -3.09. The summed E-state index contributed by atoms with van der Waals surface area (Å²) >= 11 is 0. The smallest absolute Gasteiger partial charge is 0.265 e. The first-order valence-corrected chi connectivity index (χ1v) is 8.04. The average molecular weight is 360 g/mol. The number of amides is 1. The van der Waals surface area contributed by atoms with Gasteiger partial charge in [-0.2, -0.15) is 0 Å². The van der Waals surface area contributed by atoms with Crippen molar-refractivity contribution in [1.82, 2.24) is 0 Å². The van der Waals surface area contributed by atoms with Crippen LogP contribution >= 0.6 is 0 Å². The number of para-hydroxylation sites is 1. The average Bonchev–Trinajstić information content (AvgIpc) is 2.61. The van der Waals surface area contributed by atoms with Gasteiger partial charge in [0.2, 0.25) is 0 Å². The quantitative estimate of drug-likeness (QED) is 0.577. The van der Waals surface area contributed by atoms with Crippen LogP contribution in [0.2, 0.25) is 0 Å². The van der Waals surface area contributed by atoms with Crippen molar-refractivity contribution in [3.8, 4) is 11.5 Å². The molecule has 0 radical (unpaired) electrons. The van der Waals surface area contributed by atoms with Gasteiger partial charge < -0.3 is 19.6 Å². The summed E-state index contributed by atoms with van der Waals surface area (Å²) in [6, 6.07) is 11.2. The molecule has 0 saturated heterocycles. The van der Waals surface area contributed by atoms with Crippen LogP contribution in [-0.2, 0) is 9.63 Å². The highest BCUT2D eigenvalue weighted by Gasteiger charge is 2.08. The molecular weight excluding hydrogens is 339 g/mol. The number of rotatable bonds is 8. The molecule has 0 spiro atoms. The lowest BCUT2D eigenvalue weighted by atomic mass is 10.2. The molecular formula is C19H21FN2O4. The zero-order chi connectivity index (χ0) is 18.9. The van der Waals surface area contributed by atoms with Gasteiger partial charge in [-0.1, -0.05) is 17.3 Å². The molecule has 1 N–H and O–H groups in total. The number of methoxy groups -OCH3 is 1. The molecule has 0 atom stereocenters. The fourth-order valence-corrected chi connectivity index (χ4v) is 2.06. The number of hydrogen-bond acceptors (Lipinski definition) is 5. The van der Waals surface area contributed by atoms with E-state index in [1.165, 1.54) is 24.4 Å². The fourth-order valence-electron chi connectivity index (χ4n) is 2.06. The van der Waals surface area contributed by atoms with Crippen LogP contribution in [0.4, 0.5) is 10.1 Å². The normalized spacial score (nSPS) is 10.8. The Bertz CT molecular complexity index is 778. The number of nitrogens with zero attached hydrogens (tertiary/aromatic N) is 1. The second-order valence-electron chi connectivity index (χ2n) is 5.61. The van der Waals surface area contributed by atoms with Crippen molar-refractivity contribution in [2.75, 3.05) is 19.0 Å². The van der Waals surface area contributed by atoms with Gasteiger partial charge in [0, 0.05) is 5.56 Å². The third-order valence-electron chi connectivity index (χ3n) is 3.17. The van der Waals surface area contributed by atoms with Gasteiger partial charge in [0.05, 0.1) is 25.1 Å². The highest BCUT2D eigenvalue weighted by molar-refractivity contribution is 5.91. The molecule has 7 heteroatoms. The Morgan fingerprint density at radius 3 is 2.69 bits per heavy atom. The number of benzene rings is 2. The summed E-state index contributed by atoms with van der Waals surface area (Å²) in [4.78, 5) is 16.7. The Kier molecular flexibility index (Phi) is 6.96. The monoisotopic (exact) mass is 360 g/mol. The Balaban J connectivity index is 1.88. The van der Waals surface area contributed by atoms with Crippen molar-refractivity contribution in [3.05, 3.63) is 53.8 Å². The lowest BCUT2D eigenvalue weighted by Crippen LogP contribution is -2.17. The molecule has 2 aromatic carbocycles. The van der Waals surface area contributed by atoms with E-state index in [0.29, 0.717) is 17.1 Å². The van der Waals surface area contributed by atoms with Crippen LogP contribution in [0.25, 0.3) is 0 Å². The molecule has 0 saturated carbocycles. The maximum absolute atomic E-state index is 13.4. The summed E-state index contributed by atoms with van der Waals surface area (Å²) in [5.74, 6) is 0.176. The second kappa shape index (κ2) is 9.41. The van der Waals surface area contributed by atoms with Gasteiger partial charge in [-0.15, -0.1) is 0 Å². The van der Waals surface area contributed by atoms with Gasteiger partial charge in [-0.3, -0.25) is 4.79 Å². The van der Waals surface area contributed by atoms with Crippen LogP contribution in [0, 0.1) is 5.82 Å². The van der Waals surface area contributed by atoms with Crippen molar-refractivity contribution < 1.29 is 23.5 Å². The molecule has 0 bridgehead atoms. The number of hydrogen-bond donors (Lipinski definition) is 1. The van der Waals surface area contributed by atoms with E-state index in [4.69, 9.17) is 14.3 Å². The number of nitrogens with one attached hydrogen (secondary N) is 1.